The fourth-order valence-electron chi connectivity index (χ4n) is 3.83. The van der Waals surface area contributed by atoms with Crippen LogP contribution < -0.4 is 10.8 Å². The highest BCUT2D eigenvalue weighted by Gasteiger charge is 2.22. The zero-order valence-electron chi connectivity index (χ0n) is 17.7. The first-order valence-electron chi connectivity index (χ1n) is 10.4. The number of fused-ring (bicyclic) bond motifs is 3. The van der Waals surface area contributed by atoms with Crippen LogP contribution in [0.4, 0.5) is 16.0 Å². The van der Waals surface area contributed by atoms with Crippen LogP contribution in [0.3, 0.4) is 0 Å². The number of hydrogen-bond acceptors (Lipinski definition) is 5. The first kappa shape index (κ1) is 20.6. The molecule has 8 heteroatoms. The van der Waals surface area contributed by atoms with Crippen LogP contribution in [0.2, 0.25) is 0 Å². The van der Waals surface area contributed by atoms with Crippen molar-refractivity contribution in [1.29, 1.82) is 0 Å². The number of nitrogens with zero attached hydrogens (tertiary/aromatic N) is 3. The molecule has 0 atom stereocenters. The molecule has 3 aromatic carbocycles. The van der Waals surface area contributed by atoms with Crippen LogP contribution in [-0.2, 0) is 6.54 Å². The SMILES string of the molecule is Bc1ccc2c(c1)-c1nc(Nc3ccc(C(=O)O)cc3)ncc1CN=C2c1ccccc1F. The Balaban J connectivity index is 1.58. The van der Waals surface area contributed by atoms with Gasteiger partial charge in [0.25, 0.3) is 0 Å². The van der Waals surface area contributed by atoms with Gasteiger partial charge < -0.3 is 10.4 Å². The van der Waals surface area contributed by atoms with E-state index in [1.165, 1.54) is 18.2 Å². The summed E-state index contributed by atoms with van der Waals surface area (Å²) in [7, 11) is 2.00. The zero-order chi connectivity index (χ0) is 22.9. The van der Waals surface area contributed by atoms with E-state index in [0.29, 0.717) is 29.5 Å². The molecule has 2 heterocycles. The molecule has 4 aromatic rings. The van der Waals surface area contributed by atoms with E-state index in [9.17, 15) is 9.18 Å². The third kappa shape index (κ3) is 3.98. The number of benzene rings is 3. The zero-order valence-corrected chi connectivity index (χ0v) is 17.7. The molecule has 0 spiro atoms. The number of halogens is 1. The van der Waals surface area contributed by atoms with Gasteiger partial charge in [0.15, 0.2) is 0 Å². The molecule has 0 radical (unpaired) electrons. The highest BCUT2D eigenvalue weighted by molar-refractivity contribution is 6.33. The van der Waals surface area contributed by atoms with E-state index in [2.05, 4.69) is 10.3 Å². The molecular weight excluding hydrogens is 418 g/mol. The van der Waals surface area contributed by atoms with Gasteiger partial charge in [0.2, 0.25) is 5.95 Å². The van der Waals surface area contributed by atoms with Crippen LogP contribution in [0.1, 0.15) is 27.0 Å². The highest BCUT2D eigenvalue weighted by atomic mass is 19.1. The molecular formula is C25H18BFN4O2. The molecule has 0 amide bonds. The molecule has 0 fully saturated rings. The minimum atomic E-state index is -0.986. The molecule has 1 aliphatic rings. The minimum Gasteiger partial charge on any atom is -0.478 e. The van der Waals surface area contributed by atoms with Gasteiger partial charge in [-0.3, -0.25) is 4.99 Å². The largest absolute Gasteiger partial charge is 0.478 e. The molecule has 1 aromatic heterocycles. The van der Waals surface area contributed by atoms with E-state index < -0.39 is 5.97 Å². The Morgan fingerprint density at radius 2 is 1.79 bits per heavy atom. The van der Waals surface area contributed by atoms with E-state index in [1.54, 1.807) is 36.5 Å². The van der Waals surface area contributed by atoms with Crippen LogP contribution in [0.5, 0.6) is 0 Å². The van der Waals surface area contributed by atoms with Gasteiger partial charge in [0, 0.05) is 34.1 Å². The second kappa shape index (κ2) is 8.31. The third-order valence-electron chi connectivity index (χ3n) is 5.47. The monoisotopic (exact) mass is 436 g/mol. The van der Waals surface area contributed by atoms with Gasteiger partial charge in [0.1, 0.15) is 13.7 Å². The maximum Gasteiger partial charge on any atom is 0.335 e. The third-order valence-corrected chi connectivity index (χ3v) is 5.47. The van der Waals surface area contributed by atoms with Gasteiger partial charge in [-0.15, -0.1) is 0 Å². The number of rotatable bonds is 4. The summed E-state index contributed by atoms with van der Waals surface area (Å²) < 4.78 is 14.6. The van der Waals surface area contributed by atoms with E-state index in [-0.39, 0.29) is 11.4 Å². The average Bonchev–Trinajstić information content (AvgIpc) is 2.96. The Labute approximate surface area is 190 Å². The summed E-state index contributed by atoms with van der Waals surface area (Å²) in [5.41, 5.74) is 6.17. The number of carboxylic acids is 1. The van der Waals surface area contributed by atoms with E-state index in [4.69, 9.17) is 15.1 Å². The van der Waals surface area contributed by atoms with Gasteiger partial charge in [-0.05, 0) is 36.4 Å². The van der Waals surface area contributed by atoms with Crippen molar-refractivity contribution in [3.63, 3.8) is 0 Å². The fourth-order valence-corrected chi connectivity index (χ4v) is 3.83. The van der Waals surface area contributed by atoms with E-state index in [0.717, 1.165) is 27.8 Å². The summed E-state index contributed by atoms with van der Waals surface area (Å²) in [5.74, 6) is -0.939. The lowest BCUT2D eigenvalue weighted by atomic mass is 9.88. The lowest BCUT2D eigenvalue weighted by molar-refractivity contribution is 0.0697. The van der Waals surface area contributed by atoms with Crippen LogP contribution in [0.25, 0.3) is 11.3 Å². The Hall–Kier alpha value is -4.33. The van der Waals surface area contributed by atoms with Crippen molar-refractivity contribution in [2.75, 3.05) is 5.32 Å². The van der Waals surface area contributed by atoms with Crippen molar-refractivity contribution < 1.29 is 14.3 Å². The molecule has 0 unspecified atom stereocenters. The fraction of sp³-hybridized carbons (Fsp3) is 0.0400. The normalized spacial score (nSPS) is 12.2. The molecule has 0 bridgehead atoms. The standard InChI is InChI=1S/C25H18BFN4O2/c26-16-7-10-18-20(11-16)22-15(12-28-23(18)19-3-1-2-4-21(19)27)13-29-25(31-22)30-17-8-5-14(6-9-17)24(32)33/h1-11,13H,12,26H2,(H,32,33)(H,29,30,31). The molecule has 0 saturated heterocycles. The predicted molar refractivity (Wildman–Crippen MR) is 128 cm³/mol. The number of hydrogen-bond donors (Lipinski definition) is 2. The number of carbonyl (C=O) groups is 1. The van der Waals surface area contributed by atoms with Crippen molar-refractivity contribution in [3.05, 3.63) is 101 Å². The molecule has 2 N–H and O–H groups in total. The minimum absolute atomic E-state index is 0.200. The number of aromatic carboxylic acids is 1. The van der Waals surface area contributed by atoms with E-state index >= 15 is 0 Å². The lowest BCUT2D eigenvalue weighted by Crippen LogP contribution is -2.11. The van der Waals surface area contributed by atoms with Crippen LogP contribution in [0, 0.1) is 5.82 Å². The van der Waals surface area contributed by atoms with Crippen molar-refractivity contribution in [3.8, 4) is 11.3 Å². The molecule has 160 valence electrons. The highest BCUT2D eigenvalue weighted by Crippen LogP contribution is 2.32. The van der Waals surface area contributed by atoms with Gasteiger partial charge in [0.05, 0.1) is 23.5 Å². The van der Waals surface area contributed by atoms with Crippen molar-refractivity contribution in [1.82, 2.24) is 9.97 Å². The molecule has 0 saturated carbocycles. The number of aliphatic imine (C=N–C) groups is 1. The summed E-state index contributed by atoms with van der Waals surface area (Å²) in [6, 6.07) is 18.9. The number of anilines is 2. The second-order valence-electron chi connectivity index (χ2n) is 7.77. The van der Waals surface area contributed by atoms with Gasteiger partial charge >= 0.3 is 5.97 Å². The molecule has 5 rings (SSSR count). The lowest BCUT2D eigenvalue weighted by Gasteiger charge is -2.13. The van der Waals surface area contributed by atoms with Crippen molar-refractivity contribution in [2.45, 2.75) is 6.54 Å². The quantitative estimate of drug-likeness (QED) is 0.480. The van der Waals surface area contributed by atoms with Gasteiger partial charge in [-0.1, -0.05) is 35.8 Å². The topological polar surface area (TPSA) is 87.5 Å². The molecule has 1 aliphatic heterocycles. The summed E-state index contributed by atoms with van der Waals surface area (Å²) in [5, 5.41) is 12.2. The maximum atomic E-state index is 14.6. The first-order valence-corrected chi connectivity index (χ1v) is 10.4. The second-order valence-corrected chi connectivity index (χ2v) is 7.77. The number of aromatic nitrogens is 2. The Morgan fingerprint density at radius 1 is 1.00 bits per heavy atom. The van der Waals surface area contributed by atoms with Gasteiger partial charge in [-0.25, -0.2) is 19.2 Å². The molecule has 33 heavy (non-hydrogen) atoms. The smallest absolute Gasteiger partial charge is 0.335 e. The van der Waals surface area contributed by atoms with Gasteiger partial charge in [-0.2, -0.15) is 0 Å². The van der Waals surface area contributed by atoms with Crippen LogP contribution in [0.15, 0.2) is 77.9 Å². The van der Waals surface area contributed by atoms with Crippen molar-refractivity contribution in [2.24, 2.45) is 4.99 Å². The number of nitrogens with one attached hydrogen (secondary N) is 1. The van der Waals surface area contributed by atoms with Crippen LogP contribution >= 0.6 is 0 Å². The summed E-state index contributed by atoms with van der Waals surface area (Å²) >= 11 is 0. The molecule has 0 aliphatic carbocycles. The summed E-state index contributed by atoms with van der Waals surface area (Å²) in [4.78, 5) is 25.0. The molecule has 6 nitrogen and oxygen atoms in total. The predicted octanol–water partition coefficient (Wildman–Crippen LogP) is 3.33. The first-order chi connectivity index (χ1) is 16.0. The summed E-state index contributed by atoms with van der Waals surface area (Å²) in [6.45, 7) is 0.320. The number of carboxylic acid groups (broad SMARTS) is 1. The Bertz CT molecular complexity index is 1420. The average molecular weight is 436 g/mol. The maximum absolute atomic E-state index is 14.6. The van der Waals surface area contributed by atoms with Crippen molar-refractivity contribution >= 4 is 36.6 Å². The Kier molecular flexibility index (Phi) is 5.18. The van der Waals surface area contributed by atoms with Crippen LogP contribution in [-0.4, -0.2) is 34.6 Å². The Morgan fingerprint density at radius 3 is 2.55 bits per heavy atom. The van der Waals surface area contributed by atoms with E-state index in [1.807, 2.05) is 26.0 Å². The summed E-state index contributed by atoms with van der Waals surface area (Å²) in [6.07, 6.45) is 1.72.